The van der Waals surface area contributed by atoms with Crippen LogP contribution in [0.1, 0.15) is 5.56 Å². The molecule has 2 amide bonds. The lowest BCUT2D eigenvalue weighted by atomic mass is 9.92. The molecule has 4 unspecified atom stereocenters. The summed E-state index contributed by atoms with van der Waals surface area (Å²) in [5.74, 6) is -1.65. The molecule has 2 aromatic rings. The number of halogens is 2. The average molecular weight is 489 g/mol. The Balaban J connectivity index is 1.61. The molecule has 4 atom stereocenters. The first kappa shape index (κ1) is 22.9. The molecule has 0 aromatic heterocycles. The van der Waals surface area contributed by atoms with Crippen molar-refractivity contribution in [2.45, 2.75) is 18.2 Å². The molecule has 4 rings (SSSR count). The van der Waals surface area contributed by atoms with Gasteiger partial charge in [0.2, 0.25) is 11.8 Å². The second kappa shape index (κ2) is 9.32. The van der Waals surface area contributed by atoms with E-state index in [1.54, 1.807) is 42.5 Å². The second-order valence-corrected chi connectivity index (χ2v) is 8.38. The van der Waals surface area contributed by atoms with Gasteiger partial charge in [0.05, 0.1) is 33.7 Å². The largest absolute Gasteiger partial charge is 0.387 e. The molecular weight excluding hydrogens is 471 g/mol. The van der Waals surface area contributed by atoms with Crippen molar-refractivity contribution in [1.29, 1.82) is 0 Å². The summed E-state index contributed by atoms with van der Waals surface area (Å²) in [7, 11) is 0. The fourth-order valence-electron chi connectivity index (χ4n) is 3.76. The van der Waals surface area contributed by atoms with Crippen LogP contribution in [0.25, 0.3) is 6.08 Å². The van der Waals surface area contributed by atoms with Gasteiger partial charge in [-0.05, 0) is 35.9 Å². The van der Waals surface area contributed by atoms with Crippen LogP contribution in [0.4, 0.5) is 11.4 Å². The van der Waals surface area contributed by atoms with Gasteiger partial charge in [0.25, 0.3) is 5.69 Å². The summed E-state index contributed by atoms with van der Waals surface area (Å²) in [4.78, 5) is 35.0. The van der Waals surface area contributed by atoms with E-state index in [1.165, 1.54) is 29.3 Å². The number of hydrazine groups is 1. The van der Waals surface area contributed by atoms with E-state index in [0.717, 1.165) is 0 Å². The molecule has 11 heteroatoms. The Labute approximate surface area is 198 Å². The molecule has 9 nitrogen and oxygen atoms in total. The van der Waals surface area contributed by atoms with Crippen LogP contribution in [0, 0.1) is 16.0 Å². The van der Waals surface area contributed by atoms with Crippen molar-refractivity contribution in [3.63, 3.8) is 0 Å². The Morgan fingerprint density at radius 3 is 2.52 bits per heavy atom. The highest BCUT2D eigenvalue weighted by atomic mass is 35.5. The van der Waals surface area contributed by atoms with Gasteiger partial charge < -0.3 is 10.5 Å². The number of nitrogens with one attached hydrogen (secondary N) is 2. The maximum Gasteiger partial charge on any atom is 0.269 e. The minimum atomic E-state index is -1.10. The van der Waals surface area contributed by atoms with Crippen LogP contribution in [-0.4, -0.2) is 45.0 Å². The molecule has 0 spiro atoms. The Morgan fingerprint density at radius 1 is 1.12 bits per heavy atom. The van der Waals surface area contributed by atoms with E-state index < -0.39 is 40.8 Å². The molecule has 2 aromatic carbocycles. The van der Waals surface area contributed by atoms with Crippen molar-refractivity contribution in [2.24, 2.45) is 5.92 Å². The zero-order valence-corrected chi connectivity index (χ0v) is 18.4. The van der Waals surface area contributed by atoms with Crippen molar-refractivity contribution in [3.8, 4) is 0 Å². The number of aliphatic hydroxyl groups excluding tert-OH is 1. The molecule has 1 saturated heterocycles. The Bertz CT molecular complexity index is 1170. The van der Waals surface area contributed by atoms with E-state index in [4.69, 9.17) is 23.2 Å². The smallest absolute Gasteiger partial charge is 0.269 e. The number of imide groups is 1. The fourth-order valence-corrected chi connectivity index (χ4v) is 4.21. The number of carbonyl (C=O) groups excluding carboxylic acids is 2. The molecule has 3 N–H and O–H groups in total. The maximum absolute atomic E-state index is 12.5. The number of non-ortho nitro benzene ring substituents is 1. The number of nitro groups is 1. The normalized spacial score (nSPS) is 23.4. The van der Waals surface area contributed by atoms with E-state index in [9.17, 15) is 24.8 Å². The van der Waals surface area contributed by atoms with Crippen LogP contribution < -0.4 is 10.7 Å². The lowest BCUT2D eigenvalue weighted by Crippen LogP contribution is -2.57. The van der Waals surface area contributed by atoms with E-state index >= 15 is 0 Å². The van der Waals surface area contributed by atoms with E-state index in [1.807, 2.05) is 0 Å². The summed E-state index contributed by atoms with van der Waals surface area (Å²) in [6.45, 7) is 0. The van der Waals surface area contributed by atoms with Gasteiger partial charge in [0.1, 0.15) is 6.04 Å². The summed E-state index contributed by atoms with van der Waals surface area (Å²) in [5, 5.41) is 26.3. The molecule has 1 fully saturated rings. The van der Waals surface area contributed by atoms with E-state index in [0.29, 0.717) is 21.3 Å². The Hall–Kier alpha value is -3.24. The molecular formula is C22H18Cl2N4O5. The number of benzene rings is 2. The lowest BCUT2D eigenvalue weighted by Gasteiger charge is -2.40. The van der Waals surface area contributed by atoms with Gasteiger partial charge in [-0.25, -0.2) is 5.01 Å². The minimum Gasteiger partial charge on any atom is -0.387 e. The number of hydrogen-bond acceptors (Lipinski definition) is 7. The fraction of sp³-hybridized carbons (Fsp3) is 0.182. The number of nitrogens with zero attached hydrogens (tertiary/aromatic N) is 2. The molecule has 170 valence electrons. The average Bonchev–Trinajstić information content (AvgIpc) is 3.08. The minimum absolute atomic E-state index is 0.0407. The quantitative estimate of drug-likeness (QED) is 0.246. The van der Waals surface area contributed by atoms with Crippen molar-refractivity contribution in [3.05, 3.63) is 86.4 Å². The van der Waals surface area contributed by atoms with Gasteiger partial charge in [-0.2, -0.15) is 0 Å². The summed E-state index contributed by atoms with van der Waals surface area (Å²) in [6.07, 6.45) is 5.26. The third-order valence-corrected chi connectivity index (χ3v) is 5.96. The lowest BCUT2D eigenvalue weighted by molar-refractivity contribution is -0.384. The van der Waals surface area contributed by atoms with Crippen molar-refractivity contribution < 1.29 is 19.6 Å². The number of aliphatic hydroxyl groups is 1. The van der Waals surface area contributed by atoms with Crippen LogP contribution in [0.5, 0.6) is 0 Å². The van der Waals surface area contributed by atoms with E-state index in [-0.39, 0.29) is 5.69 Å². The molecule has 2 heterocycles. The van der Waals surface area contributed by atoms with Crippen molar-refractivity contribution >= 4 is 52.5 Å². The number of carbonyl (C=O) groups is 2. The number of amides is 2. The van der Waals surface area contributed by atoms with Gasteiger partial charge in [0, 0.05) is 17.2 Å². The van der Waals surface area contributed by atoms with Gasteiger partial charge in [-0.3, -0.25) is 25.0 Å². The van der Waals surface area contributed by atoms with Crippen LogP contribution in [0.2, 0.25) is 10.0 Å². The number of hydrogen-bond donors (Lipinski definition) is 3. The van der Waals surface area contributed by atoms with Crippen molar-refractivity contribution in [1.82, 2.24) is 10.3 Å². The molecule has 2 aliphatic heterocycles. The number of anilines is 1. The highest BCUT2D eigenvalue weighted by Crippen LogP contribution is 2.32. The highest BCUT2D eigenvalue weighted by Gasteiger charge is 2.49. The standard InChI is InChI=1S/C22H18Cl2N4O5/c23-13-4-8-17(16(24)11-13)26-27-18(9-7-15-20(27)22(31)25-21(15)30)19(29)10-3-12-1-5-14(6-2-12)28(32)33/h1-11,15,18-20,26,29H,(H,25,30,31). The third-order valence-electron chi connectivity index (χ3n) is 5.41. The van der Waals surface area contributed by atoms with Crippen LogP contribution >= 0.6 is 23.2 Å². The first-order valence-corrected chi connectivity index (χ1v) is 10.6. The summed E-state index contributed by atoms with van der Waals surface area (Å²) in [5.41, 5.74) is 4.10. The third kappa shape index (κ3) is 4.76. The first-order valence-electron chi connectivity index (χ1n) is 9.88. The topological polar surface area (TPSA) is 125 Å². The molecule has 0 aliphatic carbocycles. The van der Waals surface area contributed by atoms with Crippen LogP contribution in [0.3, 0.4) is 0 Å². The summed E-state index contributed by atoms with van der Waals surface area (Å²) >= 11 is 12.2. The molecule has 2 aliphatic rings. The molecule has 0 radical (unpaired) electrons. The Kier molecular flexibility index (Phi) is 6.48. The molecule has 0 saturated carbocycles. The van der Waals surface area contributed by atoms with Gasteiger partial charge in [-0.1, -0.05) is 47.5 Å². The molecule has 0 bridgehead atoms. The summed E-state index contributed by atoms with van der Waals surface area (Å²) in [6, 6.07) is 8.98. The predicted molar refractivity (Wildman–Crippen MR) is 123 cm³/mol. The van der Waals surface area contributed by atoms with Crippen molar-refractivity contribution in [2.75, 3.05) is 5.43 Å². The second-order valence-electron chi connectivity index (χ2n) is 7.54. The number of rotatable bonds is 6. The SMILES string of the molecule is O=C1NC(=O)C2C1C=CC(C(O)C=Cc1ccc([N+](=O)[O-])cc1)N2Nc1ccc(Cl)cc1Cl. The van der Waals surface area contributed by atoms with Crippen LogP contribution in [-0.2, 0) is 9.59 Å². The number of nitro benzene ring substituents is 1. The Morgan fingerprint density at radius 2 is 1.85 bits per heavy atom. The van der Waals surface area contributed by atoms with Gasteiger partial charge in [-0.15, -0.1) is 0 Å². The number of fused-ring (bicyclic) bond motifs is 1. The van der Waals surface area contributed by atoms with E-state index in [2.05, 4.69) is 10.7 Å². The predicted octanol–water partition coefficient (Wildman–Crippen LogP) is 3.18. The molecule has 33 heavy (non-hydrogen) atoms. The summed E-state index contributed by atoms with van der Waals surface area (Å²) < 4.78 is 0. The first-order chi connectivity index (χ1) is 15.7. The highest BCUT2D eigenvalue weighted by molar-refractivity contribution is 6.36. The monoisotopic (exact) mass is 488 g/mol. The van der Waals surface area contributed by atoms with Gasteiger partial charge >= 0.3 is 0 Å². The maximum atomic E-state index is 12.5. The zero-order valence-electron chi connectivity index (χ0n) is 16.9. The van der Waals surface area contributed by atoms with Gasteiger partial charge in [0.15, 0.2) is 0 Å². The van der Waals surface area contributed by atoms with Crippen LogP contribution in [0.15, 0.2) is 60.7 Å². The zero-order chi connectivity index (χ0) is 23.7.